The van der Waals surface area contributed by atoms with Gasteiger partial charge in [0.05, 0.1) is 5.69 Å². The number of halogens is 1. The van der Waals surface area contributed by atoms with Crippen LogP contribution in [-0.4, -0.2) is 19.6 Å². The highest BCUT2D eigenvalue weighted by Crippen LogP contribution is 2.29. The molecule has 0 fully saturated rings. The van der Waals surface area contributed by atoms with Crippen LogP contribution in [0, 0.1) is 6.92 Å². The summed E-state index contributed by atoms with van der Waals surface area (Å²) in [5.74, 6) is 1.67. The molecule has 0 radical (unpaired) electrons. The molecule has 1 aromatic carbocycles. The Bertz CT molecular complexity index is 1130. The van der Waals surface area contributed by atoms with Crippen molar-refractivity contribution in [1.82, 2.24) is 19.6 Å². The molecule has 1 N–H and O–H groups in total. The van der Waals surface area contributed by atoms with Crippen LogP contribution in [0.15, 0.2) is 47.3 Å². The van der Waals surface area contributed by atoms with E-state index in [0.717, 1.165) is 24.0 Å². The number of H-pyrrole nitrogens is 1. The van der Waals surface area contributed by atoms with Gasteiger partial charge in [-0.1, -0.05) is 35.9 Å². The van der Waals surface area contributed by atoms with Crippen LogP contribution in [-0.2, 0) is 0 Å². The molecule has 0 aliphatic heterocycles. The van der Waals surface area contributed by atoms with E-state index in [-0.39, 0.29) is 5.56 Å². The molecule has 0 amide bonds. The third-order valence-electron chi connectivity index (χ3n) is 4.61. The minimum absolute atomic E-state index is 0.223. The van der Waals surface area contributed by atoms with Crippen molar-refractivity contribution in [3.63, 3.8) is 0 Å². The van der Waals surface area contributed by atoms with Gasteiger partial charge in [-0.05, 0) is 44.4 Å². The largest absolute Gasteiger partial charge is 0.484 e. The normalized spacial score (nSPS) is 15.0. The Balaban J connectivity index is 1.68. The van der Waals surface area contributed by atoms with Crippen LogP contribution in [0.1, 0.15) is 43.0 Å². The summed E-state index contributed by atoms with van der Waals surface area (Å²) in [4.78, 5) is 21.5. The zero-order valence-corrected chi connectivity index (χ0v) is 15.8. The lowest BCUT2D eigenvalue weighted by Gasteiger charge is -2.16. The van der Waals surface area contributed by atoms with Gasteiger partial charge < -0.3 is 4.74 Å². The van der Waals surface area contributed by atoms with E-state index < -0.39 is 6.10 Å². The topological polar surface area (TPSA) is 72.3 Å². The van der Waals surface area contributed by atoms with Gasteiger partial charge in [0.2, 0.25) is 0 Å². The van der Waals surface area contributed by atoms with Crippen LogP contribution in [0.4, 0.5) is 0 Å². The van der Waals surface area contributed by atoms with Crippen LogP contribution in [0.2, 0.25) is 5.02 Å². The van der Waals surface area contributed by atoms with E-state index in [2.05, 4.69) is 21.1 Å². The van der Waals surface area contributed by atoms with Gasteiger partial charge in [-0.2, -0.15) is 9.50 Å². The van der Waals surface area contributed by atoms with Crippen molar-refractivity contribution in [2.75, 3.05) is 0 Å². The molecule has 0 spiro atoms. The molecule has 1 unspecified atom stereocenters. The Morgan fingerprint density at radius 3 is 2.96 bits per heavy atom. The Morgan fingerprint density at radius 2 is 2.19 bits per heavy atom. The molecule has 1 aliphatic rings. The fourth-order valence-corrected chi connectivity index (χ4v) is 3.18. The quantitative estimate of drug-likeness (QED) is 0.732. The van der Waals surface area contributed by atoms with Gasteiger partial charge in [-0.3, -0.25) is 9.89 Å². The van der Waals surface area contributed by atoms with E-state index >= 15 is 0 Å². The lowest BCUT2D eigenvalue weighted by molar-refractivity contribution is 0.220. The number of rotatable bonds is 4. The summed E-state index contributed by atoms with van der Waals surface area (Å²) in [7, 11) is 0. The maximum Gasteiger partial charge on any atom is 0.274 e. The summed E-state index contributed by atoms with van der Waals surface area (Å²) in [6.07, 6.45) is 7.52. The Labute approximate surface area is 161 Å². The fraction of sp³-hybridized carbons (Fsp3) is 0.250. The Kier molecular flexibility index (Phi) is 4.58. The van der Waals surface area contributed by atoms with E-state index in [1.807, 2.05) is 44.2 Å². The van der Waals surface area contributed by atoms with Gasteiger partial charge in [-0.15, -0.1) is 0 Å². The van der Waals surface area contributed by atoms with Crippen LogP contribution < -0.4 is 10.3 Å². The van der Waals surface area contributed by atoms with E-state index in [1.54, 1.807) is 0 Å². The monoisotopic (exact) mass is 382 g/mol. The number of aromatic amines is 1. The average molecular weight is 383 g/mol. The summed E-state index contributed by atoms with van der Waals surface area (Å²) >= 11 is 6.15. The molecule has 2 aromatic heterocycles. The van der Waals surface area contributed by atoms with Crippen molar-refractivity contribution in [2.24, 2.45) is 0 Å². The molecule has 1 atom stereocenters. The number of nitrogens with one attached hydrogen (secondary N) is 1. The Morgan fingerprint density at radius 1 is 1.33 bits per heavy atom. The minimum atomic E-state index is -0.420. The van der Waals surface area contributed by atoms with Gasteiger partial charge in [0, 0.05) is 16.7 Å². The lowest BCUT2D eigenvalue weighted by atomic mass is 10.1. The van der Waals surface area contributed by atoms with E-state index in [4.69, 9.17) is 16.3 Å². The number of hydrogen-bond donors (Lipinski definition) is 1. The third-order valence-corrected chi connectivity index (χ3v) is 5.02. The van der Waals surface area contributed by atoms with Crippen molar-refractivity contribution in [3.05, 3.63) is 75.0 Å². The first-order valence-corrected chi connectivity index (χ1v) is 9.18. The molecule has 138 valence electrons. The molecule has 4 rings (SSSR count). The van der Waals surface area contributed by atoms with Crippen molar-refractivity contribution in [2.45, 2.75) is 32.8 Å². The van der Waals surface area contributed by atoms with Gasteiger partial charge in [0.1, 0.15) is 11.9 Å². The number of nitrogens with zero attached hydrogens (tertiary/aromatic N) is 3. The highest BCUT2D eigenvalue weighted by Gasteiger charge is 2.17. The second-order valence-electron chi connectivity index (χ2n) is 6.51. The number of ether oxygens (including phenoxy) is 1. The van der Waals surface area contributed by atoms with Crippen molar-refractivity contribution in [1.29, 1.82) is 0 Å². The van der Waals surface area contributed by atoms with E-state index in [9.17, 15) is 4.79 Å². The number of hydrogen-bond acceptors (Lipinski definition) is 4. The number of aromatic nitrogens is 4. The molecule has 7 heteroatoms. The van der Waals surface area contributed by atoms with Crippen LogP contribution in [0.3, 0.4) is 0 Å². The molecule has 2 heterocycles. The summed E-state index contributed by atoms with van der Waals surface area (Å²) in [6.45, 7) is 3.74. The molecule has 0 saturated heterocycles. The second-order valence-corrected chi connectivity index (χ2v) is 6.92. The second kappa shape index (κ2) is 7.04. The lowest BCUT2D eigenvalue weighted by Crippen LogP contribution is -2.18. The smallest absolute Gasteiger partial charge is 0.274 e. The molecular formula is C20H19ClN4O2. The molecule has 0 saturated carbocycles. The van der Waals surface area contributed by atoms with Crippen molar-refractivity contribution < 1.29 is 4.74 Å². The third kappa shape index (κ3) is 3.40. The van der Waals surface area contributed by atoms with E-state index in [1.165, 1.54) is 10.6 Å². The fourth-order valence-electron chi connectivity index (χ4n) is 3.02. The van der Waals surface area contributed by atoms with Gasteiger partial charge >= 0.3 is 0 Å². The first-order valence-electron chi connectivity index (χ1n) is 8.80. The zero-order valence-electron chi connectivity index (χ0n) is 15.1. The first-order chi connectivity index (χ1) is 13.0. The molecule has 6 nitrogen and oxygen atoms in total. The number of fused-ring (bicyclic) bond motifs is 1. The number of allylic oxidation sites excluding steroid dienone is 4. The molecule has 27 heavy (non-hydrogen) atoms. The van der Waals surface area contributed by atoms with E-state index in [0.29, 0.717) is 28.1 Å². The van der Waals surface area contributed by atoms with Gasteiger partial charge in [0.15, 0.2) is 5.82 Å². The van der Waals surface area contributed by atoms with Gasteiger partial charge in [-0.25, -0.2) is 4.98 Å². The molecular weight excluding hydrogens is 364 g/mol. The minimum Gasteiger partial charge on any atom is -0.484 e. The van der Waals surface area contributed by atoms with Gasteiger partial charge in [0.25, 0.3) is 11.3 Å². The number of benzene rings is 1. The maximum atomic E-state index is 12.5. The predicted octanol–water partition coefficient (Wildman–Crippen LogP) is 4.25. The summed E-state index contributed by atoms with van der Waals surface area (Å²) in [6, 6.07) is 6.95. The van der Waals surface area contributed by atoms with Crippen molar-refractivity contribution in [3.8, 4) is 5.75 Å². The average Bonchev–Trinajstić information content (AvgIpc) is 3.11. The molecule has 0 bridgehead atoms. The van der Waals surface area contributed by atoms with Crippen molar-refractivity contribution >= 4 is 23.0 Å². The highest BCUT2D eigenvalue weighted by atomic mass is 35.5. The highest BCUT2D eigenvalue weighted by molar-refractivity contribution is 6.31. The predicted molar refractivity (Wildman–Crippen MR) is 105 cm³/mol. The standard InChI is InChI=1S/C20H19ClN4O2/c1-12-15(21)9-6-10-17(12)27-13(2)16-11-18(26)25-20(22-16)23-19(24-25)14-7-4-3-5-8-14/h3-4,6-7,9-11,13H,5,8H2,1-2H3,(H,22,23,24). The molecule has 1 aliphatic carbocycles. The zero-order chi connectivity index (χ0) is 19.0. The Hall–Kier alpha value is -2.86. The SMILES string of the molecule is Cc1c(Cl)cccc1OC(C)c1cc(=O)n2[nH]c(C3=CC=CCC3)nc2n1. The maximum absolute atomic E-state index is 12.5. The van der Waals surface area contributed by atoms with Crippen LogP contribution >= 0.6 is 11.6 Å². The summed E-state index contributed by atoms with van der Waals surface area (Å²) in [5.41, 5.74) is 2.21. The van der Waals surface area contributed by atoms with Crippen LogP contribution in [0.25, 0.3) is 11.4 Å². The molecule has 3 aromatic rings. The summed E-state index contributed by atoms with van der Waals surface area (Å²) < 4.78 is 7.34. The first kappa shape index (κ1) is 17.5. The summed E-state index contributed by atoms with van der Waals surface area (Å²) in [5, 5.41) is 3.67. The van der Waals surface area contributed by atoms with Crippen LogP contribution in [0.5, 0.6) is 5.75 Å².